The molecule has 0 rings (SSSR count). The summed E-state index contributed by atoms with van der Waals surface area (Å²) in [5, 5.41) is 0. The first kappa shape index (κ1) is 57.3. The monoisotopic (exact) mass is 847 g/mol. The predicted octanol–water partition coefficient (Wildman–Crippen LogP) is 16.2. The molecule has 0 aromatic rings. The molecule has 0 saturated carbocycles. The Balaban J connectivity index is 4.51. The van der Waals surface area contributed by atoms with Crippen LogP contribution in [0.15, 0.2) is 97.2 Å². The van der Waals surface area contributed by atoms with Gasteiger partial charge < -0.3 is 14.2 Å². The Morgan fingerprint density at radius 1 is 0.361 bits per heavy atom. The second-order valence-electron chi connectivity index (χ2n) is 16.1. The summed E-state index contributed by atoms with van der Waals surface area (Å²) in [6.45, 7) is 6.31. The smallest absolute Gasteiger partial charge is 0.306 e. The van der Waals surface area contributed by atoms with Crippen LogP contribution in [-0.4, -0.2) is 37.2 Å². The quantitative estimate of drug-likeness (QED) is 0.0200. The van der Waals surface area contributed by atoms with Crippen LogP contribution >= 0.6 is 0 Å². The van der Waals surface area contributed by atoms with Crippen molar-refractivity contribution >= 4 is 17.9 Å². The molecule has 0 bridgehead atoms. The number of ether oxygens (including phenoxy) is 3. The van der Waals surface area contributed by atoms with Crippen LogP contribution in [0.4, 0.5) is 0 Å². The zero-order valence-electron chi connectivity index (χ0n) is 39.4. The summed E-state index contributed by atoms with van der Waals surface area (Å²) in [7, 11) is 0. The van der Waals surface area contributed by atoms with E-state index in [4.69, 9.17) is 14.2 Å². The molecule has 0 aromatic heterocycles. The van der Waals surface area contributed by atoms with E-state index in [1.54, 1.807) is 0 Å². The van der Waals surface area contributed by atoms with Crippen molar-refractivity contribution in [3.8, 4) is 0 Å². The first-order valence-corrected chi connectivity index (χ1v) is 24.8. The minimum atomic E-state index is -0.805. The van der Waals surface area contributed by atoms with Gasteiger partial charge in [-0.2, -0.15) is 0 Å². The molecule has 0 spiro atoms. The van der Waals surface area contributed by atoms with Gasteiger partial charge in [0.1, 0.15) is 13.2 Å². The number of hydrogen-bond donors (Lipinski definition) is 0. The molecule has 1 atom stereocenters. The van der Waals surface area contributed by atoms with Crippen molar-refractivity contribution in [1.82, 2.24) is 0 Å². The van der Waals surface area contributed by atoms with Gasteiger partial charge in [-0.05, 0) is 89.9 Å². The Labute approximate surface area is 375 Å². The normalized spacial score (nSPS) is 12.9. The maximum Gasteiger partial charge on any atom is 0.306 e. The minimum Gasteiger partial charge on any atom is -0.462 e. The average molecular weight is 847 g/mol. The van der Waals surface area contributed by atoms with E-state index in [1.807, 2.05) is 48.6 Å². The van der Waals surface area contributed by atoms with Crippen molar-refractivity contribution < 1.29 is 28.6 Å². The third-order valence-corrected chi connectivity index (χ3v) is 10.2. The van der Waals surface area contributed by atoms with Gasteiger partial charge in [-0.15, -0.1) is 0 Å². The van der Waals surface area contributed by atoms with E-state index >= 15 is 0 Å². The fraction of sp³-hybridized carbons (Fsp3) is 0.655. The Bertz CT molecular complexity index is 1250. The van der Waals surface area contributed by atoms with Crippen molar-refractivity contribution in [2.24, 2.45) is 0 Å². The Morgan fingerprint density at radius 2 is 0.721 bits per heavy atom. The van der Waals surface area contributed by atoms with Gasteiger partial charge in [0.15, 0.2) is 6.10 Å². The zero-order chi connectivity index (χ0) is 44.4. The van der Waals surface area contributed by atoms with E-state index in [0.29, 0.717) is 19.3 Å². The van der Waals surface area contributed by atoms with Crippen molar-refractivity contribution in [3.05, 3.63) is 97.2 Å². The largest absolute Gasteiger partial charge is 0.462 e. The number of carbonyl (C=O) groups is 3. The van der Waals surface area contributed by atoms with Crippen LogP contribution in [0, 0.1) is 0 Å². The summed E-state index contributed by atoms with van der Waals surface area (Å²) in [4.78, 5) is 37.9. The third-order valence-electron chi connectivity index (χ3n) is 10.2. The molecule has 0 aromatic carbocycles. The molecule has 0 aliphatic rings. The van der Waals surface area contributed by atoms with Crippen LogP contribution in [-0.2, 0) is 28.6 Å². The molecule has 0 amide bonds. The molecule has 0 heterocycles. The van der Waals surface area contributed by atoms with Crippen LogP contribution in [0.3, 0.4) is 0 Å². The van der Waals surface area contributed by atoms with E-state index in [2.05, 4.69) is 69.4 Å². The summed E-state index contributed by atoms with van der Waals surface area (Å²) in [5.74, 6) is -0.975. The highest BCUT2D eigenvalue weighted by atomic mass is 16.6. The lowest BCUT2D eigenvalue weighted by atomic mass is 10.1. The summed E-state index contributed by atoms with van der Waals surface area (Å²) >= 11 is 0. The van der Waals surface area contributed by atoms with E-state index < -0.39 is 6.10 Å². The van der Waals surface area contributed by atoms with Crippen molar-refractivity contribution in [1.29, 1.82) is 0 Å². The Kier molecular flexibility index (Phi) is 46.0. The number of rotatable bonds is 43. The Morgan fingerprint density at radius 3 is 1.21 bits per heavy atom. The van der Waals surface area contributed by atoms with Gasteiger partial charge in [0.05, 0.1) is 0 Å². The average Bonchev–Trinajstić information content (AvgIpc) is 3.26. The highest BCUT2D eigenvalue weighted by Gasteiger charge is 2.19. The third kappa shape index (κ3) is 47.2. The molecule has 0 radical (unpaired) electrons. The highest BCUT2D eigenvalue weighted by Crippen LogP contribution is 2.13. The fourth-order valence-electron chi connectivity index (χ4n) is 6.49. The van der Waals surface area contributed by atoms with Crippen LogP contribution in [0.2, 0.25) is 0 Å². The van der Waals surface area contributed by atoms with E-state index in [0.717, 1.165) is 103 Å². The second-order valence-corrected chi connectivity index (χ2v) is 16.1. The molecular formula is C55H90O6. The van der Waals surface area contributed by atoms with Crippen LogP contribution in [0.5, 0.6) is 0 Å². The fourth-order valence-corrected chi connectivity index (χ4v) is 6.49. The Hall–Kier alpha value is -3.67. The van der Waals surface area contributed by atoms with Gasteiger partial charge in [0.25, 0.3) is 0 Å². The van der Waals surface area contributed by atoms with Gasteiger partial charge in [-0.3, -0.25) is 14.4 Å². The molecule has 346 valence electrons. The summed E-state index contributed by atoms with van der Waals surface area (Å²) in [6.07, 6.45) is 63.9. The molecular weight excluding hydrogens is 757 g/mol. The number of unbranched alkanes of at least 4 members (excludes halogenated alkanes) is 20. The zero-order valence-corrected chi connectivity index (χ0v) is 39.4. The van der Waals surface area contributed by atoms with Gasteiger partial charge in [0.2, 0.25) is 0 Å². The molecule has 61 heavy (non-hydrogen) atoms. The summed E-state index contributed by atoms with van der Waals surface area (Å²) in [6, 6.07) is 0. The molecule has 0 aliphatic heterocycles. The lowest BCUT2D eigenvalue weighted by molar-refractivity contribution is -0.167. The molecule has 6 heteroatoms. The topological polar surface area (TPSA) is 78.9 Å². The molecule has 0 N–H and O–H groups in total. The lowest BCUT2D eigenvalue weighted by Gasteiger charge is -2.18. The molecule has 1 unspecified atom stereocenters. The number of allylic oxidation sites excluding steroid dienone is 16. The van der Waals surface area contributed by atoms with E-state index in [9.17, 15) is 14.4 Å². The first-order chi connectivity index (χ1) is 30.0. The minimum absolute atomic E-state index is 0.104. The van der Waals surface area contributed by atoms with Crippen LogP contribution in [0.25, 0.3) is 0 Å². The summed E-state index contributed by atoms with van der Waals surface area (Å²) < 4.78 is 16.7. The SMILES string of the molecule is CC\C=C/C=C\C=C/C=C\C=C/CCCCCC(=O)OCC(COC(=O)CCCCC/C=C\CCCCCCCCC)OC(=O)CCCCCCCCC/C=C\C/C=C\CC. The second kappa shape index (κ2) is 49.0. The first-order valence-electron chi connectivity index (χ1n) is 24.8. The van der Waals surface area contributed by atoms with Gasteiger partial charge in [-0.25, -0.2) is 0 Å². The number of carbonyl (C=O) groups excluding carboxylic acids is 3. The van der Waals surface area contributed by atoms with Crippen molar-refractivity contribution in [2.45, 2.75) is 219 Å². The molecule has 0 saturated heterocycles. The predicted molar refractivity (Wildman–Crippen MR) is 260 cm³/mol. The highest BCUT2D eigenvalue weighted by molar-refractivity contribution is 5.71. The van der Waals surface area contributed by atoms with Gasteiger partial charge in [0, 0.05) is 19.3 Å². The van der Waals surface area contributed by atoms with Gasteiger partial charge in [-0.1, -0.05) is 201 Å². The molecule has 6 nitrogen and oxygen atoms in total. The van der Waals surface area contributed by atoms with E-state index in [-0.39, 0.29) is 31.1 Å². The van der Waals surface area contributed by atoms with Gasteiger partial charge >= 0.3 is 17.9 Å². The van der Waals surface area contributed by atoms with Crippen molar-refractivity contribution in [3.63, 3.8) is 0 Å². The summed E-state index contributed by atoms with van der Waals surface area (Å²) in [5.41, 5.74) is 0. The molecule has 0 aliphatic carbocycles. The van der Waals surface area contributed by atoms with Crippen LogP contribution < -0.4 is 0 Å². The maximum atomic E-state index is 12.8. The lowest BCUT2D eigenvalue weighted by Crippen LogP contribution is -2.30. The van der Waals surface area contributed by atoms with Crippen LogP contribution in [0.1, 0.15) is 213 Å². The van der Waals surface area contributed by atoms with Crippen molar-refractivity contribution in [2.75, 3.05) is 13.2 Å². The molecule has 0 fully saturated rings. The number of hydrogen-bond acceptors (Lipinski definition) is 6. The number of esters is 3. The van der Waals surface area contributed by atoms with E-state index in [1.165, 1.54) is 70.6 Å². The standard InChI is InChI=1S/C55H90O6/c1-4-7-10-13-16-19-22-25-28-31-33-36-39-42-45-48-54(57)60-51-52(61-55(58)49-46-43-40-37-34-30-27-24-21-18-15-12-9-6-3)50-59-53(56)47-44-41-38-35-32-29-26-23-20-17-14-11-8-5-2/h7,9-10,12-13,16,18-19,21-22,25,28-29,31-33,52H,4-6,8,11,14-15,17,20,23-24,26-27,30,34-51H2,1-3H3/b10-7-,12-9-,16-13-,21-18-,22-19-,28-25-,32-29-,33-31-. The maximum absolute atomic E-state index is 12.8.